The summed E-state index contributed by atoms with van der Waals surface area (Å²) in [4.78, 5) is 46.7. The van der Waals surface area contributed by atoms with Gasteiger partial charge in [0.25, 0.3) is 0 Å². The van der Waals surface area contributed by atoms with Crippen molar-refractivity contribution in [2.24, 2.45) is 5.92 Å². The molecule has 0 saturated carbocycles. The highest BCUT2D eigenvalue weighted by atomic mass is 32.2. The lowest BCUT2D eigenvalue weighted by atomic mass is 9.92. The Kier molecular flexibility index (Phi) is 8.70. The van der Waals surface area contributed by atoms with Gasteiger partial charge in [-0.05, 0) is 121 Å². The van der Waals surface area contributed by atoms with E-state index in [-0.39, 0.29) is 32.9 Å². The molecule has 0 spiro atoms. The molecule has 4 aliphatic rings. The van der Waals surface area contributed by atoms with Gasteiger partial charge in [-0.25, -0.2) is 19.6 Å². The van der Waals surface area contributed by atoms with Crippen LogP contribution in [-0.2, 0) is 14.2 Å². The molecule has 0 bridgehead atoms. The number of ether oxygens (including phenoxy) is 2. The van der Waals surface area contributed by atoms with Gasteiger partial charge in [-0.1, -0.05) is 30.0 Å². The van der Waals surface area contributed by atoms with E-state index in [9.17, 15) is 9.59 Å². The molecule has 3 unspecified atom stereocenters. The zero-order valence-electron chi connectivity index (χ0n) is 32.1. The van der Waals surface area contributed by atoms with Crippen molar-refractivity contribution in [3.63, 3.8) is 0 Å². The summed E-state index contributed by atoms with van der Waals surface area (Å²) < 4.78 is 11.2. The maximum atomic E-state index is 12.9. The number of aromatic nitrogens is 4. The van der Waals surface area contributed by atoms with Crippen LogP contribution in [0.2, 0.25) is 0 Å². The Bertz CT molecular complexity index is 2380. The SMILES string of the molecule is CC(C)(C)OC(=O)N1CCC[C@H]2C(c3nc4ccc(C#Cc5ccc(-c6ccc7nc([C@@]89CCCN(C(=O)OC(C)(C)C)C8S9)[nH]c7c6)cc5)cc4[nH]3)SC21. The van der Waals surface area contributed by atoms with Crippen LogP contribution in [0.15, 0.2) is 60.7 Å². The van der Waals surface area contributed by atoms with Crippen molar-refractivity contribution in [3.05, 3.63) is 83.4 Å². The lowest BCUT2D eigenvalue weighted by Crippen LogP contribution is -2.54. The number of nitrogens with zero attached hydrogens (tertiary/aromatic N) is 4. The van der Waals surface area contributed by atoms with Crippen LogP contribution in [0, 0.1) is 17.8 Å². The second kappa shape index (κ2) is 13.3. The summed E-state index contributed by atoms with van der Waals surface area (Å²) in [5.74, 6) is 8.93. The number of benzene rings is 3. The Morgan fingerprint density at radius 3 is 2.18 bits per heavy atom. The smallest absolute Gasteiger partial charge is 0.411 e. The number of fused-ring (bicyclic) bond motifs is 4. The number of carbonyl (C=O) groups is 2. The highest BCUT2D eigenvalue weighted by molar-refractivity contribution is 8.08. The molecule has 2 N–H and O–H groups in total. The van der Waals surface area contributed by atoms with E-state index in [1.807, 2.05) is 63.5 Å². The number of carbonyl (C=O) groups excluding carboxylic acids is 2. The molecule has 2 aromatic heterocycles. The fraction of sp³-hybridized carbons (Fsp3) is 0.442. The monoisotopic (exact) mass is 774 g/mol. The zero-order chi connectivity index (χ0) is 38.3. The number of nitrogens with one attached hydrogen (secondary N) is 2. The number of hydrogen-bond donors (Lipinski definition) is 2. The molecule has 4 aliphatic heterocycles. The van der Waals surface area contributed by atoms with Gasteiger partial charge in [0.1, 0.15) is 33.0 Å². The summed E-state index contributed by atoms with van der Waals surface area (Å²) in [6.07, 6.45) is 3.47. The summed E-state index contributed by atoms with van der Waals surface area (Å²) in [7, 11) is 0. The number of rotatable bonds is 3. The standard InChI is InChI=1S/C43H46N6O4S2/c1-41(2,3)52-39(50)48-21-7-9-29-34(54-36(29)48)35-44-30-18-14-26(23-32(30)45-35)11-10-25-12-15-27(16-13-25)28-17-19-31-33(24-28)47-37(46-31)43-20-8-22-49(38(43)55-43)40(51)53-42(4,5)6/h12-19,23-24,29,34,36,38H,7-9,20-22H2,1-6H3,(H,44,45)(H,46,47)/t29-,34?,36?,38?,43-/m0/s1. The lowest BCUT2D eigenvalue weighted by Gasteiger charge is -2.51. The first-order chi connectivity index (χ1) is 26.2. The van der Waals surface area contributed by atoms with E-state index in [0.717, 1.165) is 88.2 Å². The third-order valence-corrected chi connectivity index (χ3v) is 14.1. The molecule has 3 aromatic carbocycles. The van der Waals surface area contributed by atoms with Gasteiger partial charge < -0.3 is 19.4 Å². The second-order valence-electron chi connectivity index (χ2n) is 17.1. The molecule has 284 valence electrons. The number of amides is 2. The van der Waals surface area contributed by atoms with Gasteiger partial charge in [-0.3, -0.25) is 9.80 Å². The molecule has 4 saturated heterocycles. The summed E-state index contributed by atoms with van der Waals surface area (Å²) in [5.41, 5.74) is 6.83. The highest BCUT2D eigenvalue weighted by Crippen LogP contribution is 2.66. The third kappa shape index (κ3) is 6.95. The van der Waals surface area contributed by atoms with Crippen molar-refractivity contribution < 1.29 is 19.1 Å². The van der Waals surface area contributed by atoms with Gasteiger partial charge in [0.05, 0.1) is 32.7 Å². The summed E-state index contributed by atoms with van der Waals surface area (Å²) >= 11 is 3.58. The average molecular weight is 775 g/mol. The maximum absolute atomic E-state index is 12.9. The van der Waals surface area contributed by atoms with Gasteiger partial charge in [-0.15, -0.1) is 23.5 Å². The average Bonchev–Trinajstić information content (AvgIpc) is 3.50. The summed E-state index contributed by atoms with van der Waals surface area (Å²) in [6.45, 7) is 12.9. The highest BCUT2D eigenvalue weighted by Gasteiger charge is 2.65. The van der Waals surface area contributed by atoms with Crippen molar-refractivity contribution in [1.82, 2.24) is 29.7 Å². The van der Waals surface area contributed by atoms with Crippen molar-refractivity contribution in [2.75, 3.05) is 13.1 Å². The zero-order valence-corrected chi connectivity index (χ0v) is 33.7. The Labute approximate surface area is 329 Å². The van der Waals surface area contributed by atoms with Crippen LogP contribution < -0.4 is 0 Å². The van der Waals surface area contributed by atoms with Gasteiger partial charge in [-0.2, -0.15) is 0 Å². The number of likely N-dealkylation sites (tertiary alicyclic amines) is 2. The van der Waals surface area contributed by atoms with Crippen molar-refractivity contribution in [3.8, 4) is 23.0 Å². The second-order valence-corrected chi connectivity index (χ2v) is 19.7. The molecule has 55 heavy (non-hydrogen) atoms. The Hall–Kier alpha value is -4.60. The number of piperidine rings is 2. The van der Waals surface area contributed by atoms with Gasteiger partial charge in [0.15, 0.2) is 0 Å². The first-order valence-electron chi connectivity index (χ1n) is 19.2. The maximum Gasteiger partial charge on any atom is 0.411 e. The molecule has 6 heterocycles. The number of thioether (sulfide) groups is 2. The number of H-pyrrole nitrogens is 2. The molecule has 0 aliphatic carbocycles. The third-order valence-electron chi connectivity index (χ3n) is 10.7. The molecular weight excluding hydrogens is 729 g/mol. The van der Waals surface area contributed by atoms with Crippen LogP contribution in [0.1, 0.15) is 95.3 Å². The van der Waals surface area contributed by atoms with Crippen LogP contribution >= 0.6 is 23.5 Å². The molecule has 0 radical (unpaired) electrons. The fourth-order valence-corrected chi connectivity index (χ4v) is 11.1. The van der Waals surface area contributed by atoms with Crippen LogP contribution in [0.4, 0.5) is 9.59 Å². The predicted octanol–water partition coefficient (Wildman–Crippen LogP) is 9.57. The molecule has 12 heteroatoms. The van der Waals surface area contributed by atoms with Gasteiger partial charge in [0, 0.05) is 30.1 Å². The number of aromatic amines is 2. The molecule has 5 atom stereocenters. The van der Waals surface area contributed by atoms with E-state index in [4.69, 9.17) is 19.4 Å². The van der Waals surface area contributed by atoms with E-state index in [1.165, 1.54) is 0 Å². The fourth-order valence-electron chi connectivity index (χ4n) is 8.03. The van der Waals surface area contributed by atoms with Crippen molar-refractivity contribution in [1.29, 1.82) is 0 Å². The molecule has 9 rings (SSSR count). The van der Waals surface area contributed by atoms with Crippen molar-refractivity contribution >= 4 is 57.8 Å². The minimum absolute atomic E-state index is 0.0416. The minimum Gasteiger partial charge on any atom is -0.444 e. The molecule has 10 nitrogen and oxygen atoms in total. The summed E-state index contributed by atoms with van der Waals surface area (Å²) in [6, 6.07) is 20.8. The minimum atomic E-state index is -0.523. The van der Waals surface area contributed by atoms with E-state index in [0.29, 0.717) is 12.5 Å². The predicted molar refractivity (Wildman–Crippen MR) is 219 cm³/mol. The number of hydrogen-bond acceptors (Lipinski definition) is 8. The van der Waals surface area contributed by atoms with Crippen LogP contribution in [0.5, 0.6) is 0 Å². The van der Waals surface area contributed by atoms with Crippen LogP contribution in [-0.4, -0.2) is 77.0 Å². The van der Waals surface area contributed by atoms with Gasteiger partial charge >= 0.3 is 12.2 Å². The number of imidazole rings is 2. The van der Waals surface area contributed by atoms with Crippen LogP contribution in [0.3, 0.4) is 0 Å². The molecule has 2 amide bonds. The largest absolute Gasteiger partial charge is 0.444 e. The molecular formula is C43H46N6O4S2. The van der Waals surface area contributed by atoms with Crippen molar-refractivity contribution in [2.45, 2.75) is 99.2 Å². The quantitative estimate of drug-likeness (QED) is 0.138. The molecule has 4 fully saturated rings. The Morgan fingerprint density at radius 1 is 0.782 bits per heavy atom. The molecule has 5 aromatic rings. The van der Waals surface area contributed by atoms with E-state index < -0.39 is 11.2 Å². The summed E-state index contributed by atoms with van der Waals surface area (Å²) in [5, 5.41) is 0.400. The van der Waals surface area contributed by atoms with E-state index >= 15 is 0 Å². The lowest BCUT2D eigenvalue weighted by molar-refractivity contribution is 0.00887. The van der Waals surface area contributed by atoms with Crippen LogP contribution in [0.25, 0.3) is 33.2 Å². The first kappa shape index (κ1) is 36.1. The Balaban J connectivity index is 0.859. The van der Waals surface area contributed by atoms with Gasteiger partial charge in [0.2, 0.25) is 0 Å². The van der Waals surface area contributed by atoms with E-state index in [2.05, 4.69) is 70.3 Å². The topological polar surface area (TPSA) is 116 Å². The Morgan fingerprint density at radius 2 is 1.42 bits per heavy atom. The first-order valence-corrected chi connectivity index (χ1v) is 21.0. The normalized spacial score (nSPS) is 24.7. The van der Waals surface area contributed by atoms with E-state index in [1.54, 1.807) is 23.5 Å².